The van der Waals surface area contributed by atoms with Gasteiger partial charge in [0.1, 0.15) is 10.9 Å². The number of hydrogen-bond donors (Lipinski definition) is 1. The van der Waals surface area contributed by atoms with Gasteiger partial charge in [0.25, 0.3) is 0 Å². The Morgan fingerprint density at radius 3 is 2.58 bits per heavy atom. The molecule has 4 heterocycles. The molecule has 0 unspecified atom stereocenters. The first-order valence-corrected chi connectivity index (χ1v) is 17.4. The molecule has 2 amide bonds. The summed E-state index contributed by atoms with van der Waals surface area (Å²) in [7, 11) is -4.65. The van der Waals surface area contributed by atoms with Crippen LogP contribution in [-0.4, -0.2) is 86.6 Å². The van der Waals surface area contributed by atoms with Crippen LogP contribution in [0.5, 0.6) is 5.75 Å². The summed E-state index contributed by atoms with van der Waals surface area (Å²) >= 11 is 7.33. The summed E-state index contributed by atoms with van der Waals surface area (Å²) in [5.41, 5.74) is 0.238. The first-order valence-electron chi connectivity index (χ1n) is 14.7. The monoisotopic (exact) mass is 683 g/mol. The minimum atomic E-state index is -4.65. The van der Waals surface area contributed by atoms with Crippen molar-refractivity contribution in [3.63, 3.8) is 0 Å². The maximum Gasteiger partial charge on any atom is 0.387 e. The van der Waals surface area contributed by atoms with E-state index in [9.17, 15) is 26.8 Å². The molecule has 1 saturated carbocycles. The van der Waals surface area contributed by atoms with Crippen molar-refractivity contribution < 1.29 is 36.0 Å². The average Bonchev–Trinajstić information content (AvgIpc) is 3.61. The fraction of sp³-hybridized carbons (Fsp3) is 0.483. The molecule has 0 bridgehead atoms. The summed E-state index contributed by atoms with van der Waals surface area (Å²) in [6, 6.07) is 8.10. The van der Waals surface area contributed by atoms with Crippen LogP contribution in [-0.2, 0) is 26.0 Å². The Bertz CT molecular complexity index is 1660. The number of nitrogens with zero attached hydrogens (tertiary/aromatic N) is 4. The van der Waals surface area contributed by atoms with Crippen LogP contribution in [0.3, 0.4) is 0 Å². The predicted molar refractivity (Wildman–Crippen MR) is 163 cm³/mol. The minimum absolute atomic E-state index is 0.0716. The number of ether oxygens (including phenoxy) is 1. The van der Waals surface area contributed by atoms with E-state index in [0.717, 1.165) is 18.9 Å². The van der Waals surface area contributed by atoms with Gasteiger partial charge in [0.15, 0.2) is 11.5 Å². The molecule has 1 aliphatic carbocycles. The fourth-order valence-electron chi connectivity index (χ4n) is 5.77. The maximum atomic E-state index is 13.9. The topological polar surface area (TPSA) is 125 Å². The van der Waals surface area contributed by atoms with Gasteiger partial charge < -0.3 is 19.1 Å². The average molecular weight is 684 g/mol. The van der Waals surface area contributed by atoms with Gasteiger partial charge in [0, 0.05) is 57.7 Å². The molecule has 242 valence electrons. The van der Waals surface area contributed by atoms with Crippen LogP contribution in [0, 0.1) is 0 Å². The molecule has 2 aromatic heterocycles. The lowest BCUT2D eigenvalue weighted by Gasteiger charge is -2.36. The molecule has 3 fully saturated rings. The van der Waals surface area contributed by atoms with Crippen LogP contribution < -0.4 is 14.4 Å². The zero-order valence-electron chi connectivity index (χ0n) is 24.2. The first-order chi connectivity index (χ1) is 21.6. The van der Waals surface area contributed by atoms with E-state index in [4.69, 9.17) is 20.9 Å². The van der Waals surface area contributed by atoms with Crippen LogP contribution in [0.1, 0.15) is 37.8 Å². The highest BCUT2D eigenvalue weighted by Gasteiger charge is 2.37. The number of piperazine rings is 1. The van der Waals surface area contributed by atoms with Crippen LogP contribution in [0.2, 0.25) is 4.34 Å². The molecular formula is C29H32ClF2N5O6S2. The van der Waals surface area contributed by atoms with Crippen molar-refractivity contribution in [3.8, 4) is 16.4 Å². The number of carbonyl (C=O) groups excluding carboxylic acids is 2. The van der Waals surface area contributed by atoms with Crippen LogP contribution in [0.15, 0.2) is 45.8 Å². The molecule has 16 heteroatoms. The van der Waals surface area contributed by atoms with Crippen molar-refractivity contribution in [2.75, 3.05) is 37.6 Å². The van der Waals surface area contributed by atoms with E-state index in [1.807, 2.05) is 0 Å². The zero-order valence-corrected chi connectivity index (χ0v) is 26.6. The summed E-state index contributed by atoms with van der Waals surface area (Å²) in [5, 5.41) is 4.06. The number of para-hydroxylation sites is 1. The summed E-state index contributed by atoms with van der Waals surface area (Å²) in [6.45, 7) is -0.967. The Kier molecular flexibility index (Phi) is 9.43. The van der Waals surface area contributed by atoms with Crippen molar-refractivity contribution in [1.82, 2.24) is 19.7 Å². The number of piperidine rings is 1. The van der Waals surface area contributed by atoms with E-state index < -0.39 is 39.2 Å². The molecule has 0 spiro atoms. The van der Waals surface area contributed by atoms with E-state index in [-0.39, 0.29) is 31.0 Å². The van der Waals surface area contributed by atoms with Gasteiger partial charge in [-0.15, -0.1) is 11.3 Å². The van der Waals surface area contributed by atoms with Crippen molar-refractivity contribution in [1.29, 1.82) is 0 Å². The largest absolute Gasteiger partial charge is 0.431 e. The Morgan fingerprint density at radius 1 is 1.13 bits per heavy atom. The van der Waals surface area contributed by atoms with E-state index in [0.29, 0.717) is 65.7 Å². The summed E-state index contributed by atoms with van der Waals surface area (Å²) in [6.07, 6.45) is 3.56. The molecule has 6 rings (SSSR count). The highest BCUT2D eigenvalue weighted by molar-refractivity contribution is 7.89. The third-order valence-corrected chi connectivity index (χ3v) is 10.9. The number of alkyl halides is 2. The summed E-state index contributed by atoms with van der Waals surface area (Å²) in [5.74, 6) is -1.05. The molecular weight excluding hydrogens is 652 g/mol. The lowest BCUT2D eigenvalue weighted by molar-refractivity contribution is -0.134. The number of halogens is 3. The van der Waals surface area contributed by atoms with Gasteiger partial charge in [0.05, 0.1) is 20.6 Å². The molecule has 1 atom stereocenters. The standard InChI is InChI=1S/C29H32ClF2N5O6S2/c30-25-10-9-23(44-25)22-17-18(33-43-22)16-20(28(39)36-14-12-35(13-15-36)19-7-8-19)34-45(40,41)24-5-3-4-21(27(24)42-29(31)32)37-11-2-1-6-26(37)38/h3-5,9-10,17,19-20,29,34H,1-2,6-8,11-16H2/t20-/m0/s1. The van der Waals surface area contributed by atoms with Crippen molar-refractivity contribution in [2.45, 2.75) is 62.1 Å². The van der Waals surface area contributed by atoms with Crippen molar-refractivity contribution >= 4 is 50.5 Å². The van der Waals surface area contributed by atoms with Crippen LogP contribution in [0.25, 0.3) is 10.6 Å². The van der Waals surface area contributed by atoms with E-state index in [2.05, 4.69) is 14.8 Å². The van der Waals surface area contributed by atoms with Gasteiger partial charge in [-0.25, -0.2) is 8.42 Å². The second-order valence-electron chi connectivity index (χ2n) is 11.2. The van der Waals surface area contributed by atoms with Gasteiger partial charge in [-0.1, -0.05) is 22.8 Å². The number of carbonyl (C=O) groups is 2. The highest BCUT2D eigenvalue weighted by atomic mass is 35.5. The molecule has 2 saturated heterocycles. The lowest BCUT2D eigenvalue weighted by Crippen LogP contribution is -2.55. The Labute approximate surface area is 268 Å². The number of aromatic nitrogens is 1. The van der Waals surface area contributed by atoms with Gasteiger partial charge in [-0.2, -0.15) is 13.5 Å². The number of sulfonamides is 1. The predicted octanol–water partition coefficient (Wildman–Crippen LogP) is 4.37. The minimum Gasteiger partial charge on any atom is -0.431 e. The van der Waals surface area contributed by atoms with Gasteiger partial charge in [0.2, 0.25) is 21.8 Å². The lowest BCUT2D eigenvalue weighted by atomic mass is 10.1. The first kappa shape index (κ1) is 31.9. The third kappa shape index (κ3) is 7.32. The number of amides is 2. The normalized spacial score (nSPS) is 18.9. The van der Waals surface area contributed by atoms with Gasteiger partial charge in [-0.05, 0) is 49.9 Å². The number of nitrogens with one attached hydrogen (secondary N) is 1. The Hall–Kier alpha value is -3.11. The van der Waals surface area contributed by atoms with Crippen LogP contribution >= 0.6 is 22.9 Å². The molecule has 3 aliphatic rings. The SMILES string of the molecule is O=C([C@H](Cc1cc(-c2ccc(Cl)s2)on1)NS(=O)(=O)c1cccc(N2CCCCC2=O)c1OC(F)F)N1CCN(C2CC2)CC1. The van der Waals surface area contributed by atoms with Crippen molar-refractivity contribution in [3.05, 3.63) is 46.4 Å². The Morgan fingerprint density at radius 2 is 1.91 bits per heavy atom. The number of benzene rings is 1. The van der Waals surface area contributed by atoms with Crippen molar-refractivity contribution in [2.24, 2.45) is 0 Å². The molecule has 3 aromatic rings. The van der Waals surface area contributed by atoms with E-state index in [1.54, 1.807) is 23.1 Å². The van der Waals surface area contributed by atoms with Gasteiger partial charge in [-0.3, -0.25) is 14.5 Å². The van der Waals surface area contributed by atoms with E-state index in [1.165, 1.54) is 28.4 Å². The number of hydrogen-bond acceptors (Lipinski definition) is 9. The summed E-state index contributed by atoms with van der Waals surface area (Å²) < 4.78 is 68.4. The smallest absolute Gasteiger partial charge is 0.387 e. The quantitative estimate of drug-likeness (QED) is 0.316. The fourth-order valence-corrected chi connectivity index (χ4v) is 8.11. The Balaban J connectivity index is 1.30. The zero-order chi connectivity index (χ0) is 31.7. The highest BCUT2D eigenvalue weighted by Crippen LogP contribution is 2.38. The molecule has 2 aliphatic heterocycles. The van der Waals surface area contributed by atoms with E-state index >= 15 is 0 Å². The molecule has 45 heavy (non-hydrogen) atoms. The number of rotatable bonds is 11. The third-order valence-electron chi connectivity index (χ3n) is 8.14. The molecule has 0 radical (unpaired) electrons. The number of anilines is 1. The molecule has 11 nitrogen and oxygen atoms in total. The second-order valence-corrected chi connectivity index (χ2v) is 14.6. The summed E-state index contributed by atoms with van der Waals surface area (Å²) in [4.78, 5) is 31.8. The molecule has 1 N–H and O–H groups in total. The number of thiophene rings is 1. The van der Waals surface area contributed by atoms with Crippen LogP contribution in [0.4, 0.5) is 14.5 Å². The second kappa shape index (κ2) is 13.3. The molecule has 1 aromatic carbocycles. The van der Waals surface area contributed by atoms with Gasteiger partial charge >= 0.3 is 6.61 Å². The maximum absolute atomic E-state index is 13.9.